The Morgan fingerprint density at radius 1 is 1.21 bits per heavy atom. The van der Waals surface area contributed by atoms with Crippen LogP contribution in [0.3, 0.4) is 0 Å². The fraction of sp³-hybridized carbons (Fsp3) is 0.947. The molecule has 2 aliphatic rings. The molecule has 0 unspecified atom stereocenters. The number of unbranched alkanes of at least 4 members (excludes halogenated alkanes) is 1. The molecule has 2 heterocycles. The van der Waals surface area contributed by atoms with Crippen LogP contribution in [0.4, 0.5) is 0 Å². The van der Waals surface area contributed by atoms with Gasteiger partial charge in [0.25, 0.3) is 0 Å². The molecule has 0 aromatic heterocycles. The van der Waals surface area contributed by atoms with Crippen LogP contribution in [0.2, 0.25) is 0 Å². The molecule has 0 saturated carbocycles. The highest BCUT2D eigenvalue weighted by Gasteiger charge is 2.42. The number of rotatable bonds is 8. The highest BCUT2D eigenvalue weighted by Crippen LogP contribution is 2.29. The summed E-state index contributed by atoms with van der Waals surface area (Å²) in [6, 6.07) is 0.393. The van der Waals surface area contributed by atoms with Crippen LogP contribution in [0.5, 0.6) is 0 Å². The number of nitrogens with zero attached hydrogens (tertiary/aromatic N) is 2. The van der Waals surface area contributed by atoms with Crippen molar-refractivity contribution in [3.63, 3.8) is 0 Å². The zero-order chi connectivity index (χ0) is 19.8. The van der Waals surface area contributed by atoms with Crippen LogP contribution >= 0.6 is 24.0 Å². The number of guanidine groups is 1. The molecule has 0 atom stereocenters. The fourth-order valence-corrected chi connectivity index (χ4v) is 5.02. The molecule has 0 aliphatic carbocycles. The van der Waals surface area contributed by atoms with Crippen molar-refractivity contribution in [1.82, 2.24) is 15.5 Å². The summed E-state index contributed by atoms with van der Waals surface area (Å²) in [5.74, 6) is 0.735. The number of halogens is 1. The molecule has 0 spiro atoms. The molecule has 0 aromatic rings. The Labute approximate surface area is 188 Å². The molecule has 7 nitrogen and oxygen atoms in total. The molecule has 0 aromatic carbocycles. The van der Waals surface area contributed by atoms with Gasteiger partial charge in [-0.2, -0.15) is 0 Å². The van der Waals surface area contributed by atoms with Gasteiger partial charge in [0.15, 0.2) is 15.8 Å². The van der Waals surface area contributed by atoms with Gasteiger partial charge in [0.1, 0.15) is 0 Å². The molecule has 2 saturated heterocycles. The summed E-state index contributed by atoms with van der Waals surface area (Å²) in [5.41, 5.74) is 0. The molecule has 2 aliphatic heterocycles. The third-order valence-electron chi connectivity index (χ3n) is 5.82. The maximum atomic E-state index is 12.4. The maximum Gasteiger partial charge on any atom is 0.191 e. The number of aliphatic imine (C=N–C) groups is 1. The van der Waals surface area contributed by atoms with Gasteiger partial charge in [0.2, 0.25) is 0 Å². The van der Waals surface area contributed by atoms with E-state index in [1.54, 1.807) is 0 Å². The van der Waals surface area contributed by atoms with Crippen LogP contribution < -0.4 is 10.6 Å². The normalized spacial score (nSPS) is 21.8. The van der Waals surface area contributed by atoms with Crippen LogP contribution in [-0.4, -0.2) is 82.3 Å². The lowest BCUT2D eigenvalue weighted by atomic mass is 9.99. The molecule has 28 heavy (non-hydrogen) atoms. The third-order valence-corrected chi connectivity index (χ3v) is 7.93. The van der Waals surface area contributed by atoms with Crippen LogP contribution in [-0.2, 0) is 14.6 Å². The molecule has 2 fully saturated rings. The number of ether oxygens (including phenoxy) is 1. The first-order valence-electron chi connectivity index (χ1n) is 10.4. The van der Waals surface area contributed by atoms with Crippen molar-refractivity contribution in [3.05, 3.63) is 0 Å². The topological polar surface area (TPSA) is 83.0 Å². The Hall–Kier alpha value is -0.130. The number of hydrogen-bond acceptors (Lipinski definition) is 5. The van der Waals surface area contributed by atoms with Crippen molar-refractivity contribution in [2.24, 2.45) is 4.99 Å². The number of likely N-dealkylation sites (tertiary alicyclic amines) is 1. The van der Waals surface area contributed by atoms with Gasteiger partial charge in [-0.05, 0) is 45.6 Å². The summed E-state index contributed by atoms with van der Waals surface area (Å²) in [6.45, 7) is 9.71. The molecule has 0 bridgehead atoms. The van der Waals surface area contributed by atoms with Gasteiger partial charge in [-0.3, -0.25) is 4.99 Å². The first-order chi connectivity index (χ1) is 12.9. The molecule has 2 rings (SSSR count). The Kier molecular flexibility index (Phi) is 11.6. The van der Waals surface area contributed by atoms with Crippen LogP contribution in [0, 0.1) is 0 Å². The standard InChI is InChI=1S/C19H38N4O3S.HI/c1-4-6-11-23-12-7-17(8-13-23)22-18(20-5-2)21-16-19(27(3,24)25)9-14-26-15-10-19;/h17H,4-16H2,1-3H3,(H2,20,21,22);1H. The second kappa shape index (κ2) is 12.5. The van der Waals surface area contributed by atoms with E-state index in [1.165, 1.54) is 25.6 Å². The molecule has 9 heteroatoms. The summed E-state index contributed by atoms with van der Waals surface area (Å²) in [7, 11) is -3.20. The molecule has 2 N–H and O–H groups in total. The monoisotopic (exact) mass is 530 g/mol. The summed E-state index contributed by atoms with van der Waals surface area (Å²) in [6.07, 6.45) is 7.07. The average molecular weight is 531 g/mol. The lowest BCUT2D eigenvalue weighted by molar-refractivity contribution is 0.0768. The zero-order valence-corrected chi connectivity index (χ0v) is 20.9. The number of sulfone groups is 1. The first kappa shape index (κ1) is 25.9. The van der Waals surface area contributed by atoms with Gasteiger partial charge in [0, 0.05) is 45.1 Å². The van der Waals surface area contributed by atoms with Gasteiger partial charge in [-0.25, -0.2) is 8.42 Å². The smallest absolute Gasteiger partial charge is 0.191 e. The average Bonchev–Trinajstić information content (AvgIpc) is 2.65. The molecular weight excluding hydrogens is 491 g/mol. The van der Waals surface area contributed by atoms with Gasteiger partial charge in [0.05, 0.1) is 11.3 Å². The van der Waals surface area contributed by atoms with E-state index in [-0.39, 0.29) is 24.0 Å². The molecular formula is C19H39IN4O3S. The van der Waals surface area contributed by atoms with Crippen molar-refractivity contribution in [1.29, 1.82) is 0 Å². The highest BCUT2D eigenvalue weighted by atomic mass is 127. The van der Waals surface area contributed by atoms with Crippen molar-refractivity contribution in [2.75, 3.05) is 52.2 Å². The van der Waals surface area contributed by atoms with E-state index in [4.69, 9.17) is 4.74 Å². The third kappa shape index (κ3) is 7.60. The van der Waals surface area contributed by atoms with E-state index in [0.29, 0.717) is 38.6 Å². The Balaban J connectivity index is 0.00000392. The maximum absolute atomic E-state index is 12.4. The van der Waals surface area contributed by atoms with Crippen molar-refractivity contribution < 1.29 is 13.2 Å². The predicted octanol–water partition coefficient (Wildman–Crippen LogP) is 2.02. The number of piperidine rings is 1. The van der Waals surface area contributed by atoms with Crippen molar-refractivity contribution in [3.8, 4) is 0 Å². The van der Waals surface area contributed by atoms with E-state index in [0.717, 1.165) is 38.4 Å². The lowest BCUT2D eigenvalue weighted by Gasteiger charge is -2.35. The van der Waals surface area contributed by atoms with Crippen molar-refractivity contribution >= 4 is 39.8 Å². The Morgan fingerprint density at radius 2 is 1.86 bits per heavy atom. The second-order valence-corrected chi connectivity index (χ2v) is 10.3. The predicted molar refractivity (Wildman–Crippen MR) is 127 cm³/mol. The lowest BCUT2D eigenvalue weighted by Crippen LogP contribution is -2.50. The SMILES string of the molecule is CCCCN1CCC(NC(=NCC2(S(C)(=O)=O)CCOCC2)NCC)CC1.I. The van der Waals surface area contributed by atoms with Crippen LogP contribution in [0.15, 0.2) is 4.99 Å². The number of nitrogens with one attached hydrogen (secondary N) is 2. The Bertz CT molecular complexity index is 572. The zero-order valence-electron chi connectivity index (χ0n) is 17.7. The largest absolute Gasteiger partial charge is 0.381 e. The molecule has 0 radical (unpaired) electrons. The summed E-state index contributed by atoms with van der Waals surface area (Å²) in [5, 5.41) is 6.81. The minimum Gasteiger partial charge on any atom is -0.381 e. The van der Waals surface area contributed by atoms with Gasteiger partial charge in [-0.15, -0.1) is 24.0 Å². The van der Waals surface area contributed by atoms with Gasteiger partial charge >= 0.3 is 0 Å². The second-order valence-electron chi connectivity index (χ2n) is 7.88. The van der Waals surface area contributed by atoms with Crippen LogP contribution in [0.1, 0.15) is 52.4 Å². The van der Waals surface area contributed by atoms with E-state index in [2.05, 4.69) is 27.4 Å². The van der Waals surface area contributed by atoms with E-state index in [9.17, 15) is 8.42 Å². The quantitative estimate of drug-likeness (QED) is 0.284. The molecule has 0 amide bonds. The summed E-state index contributed by atoms with van der Waals surface area (Å²) in [4.78, 5) is 7.22. The number of hydrogen-bond donors (Lipinski definition) is 2. The van der Waals surface area contributed by atoms with E-state index < -0.39 is 14.6 Å². The summed E-state index contributed by atoms with van der Waals surface area (Å²) >= 11 is 0. The van der Waals surface area contributed by atoms with E-state index >= 15 is 0 Å². The minimum atomic E-state index is -3.20. The Morgan fingerprint density at radius 3 is 2.39 bits per heavy atom. The summed E-state index contributed by atoms with van der Waals surface area (Å²) < 4.78 is 29.4. The highest BCUT2D eigenvalue weighted by molar-refractivity contribution is 14.0. The van der Waals surface area contributed by atoms with Crippen LogP contribution in [0.25, 0.3) is 0 Å². The minimum absolute atomic E-state index is 0. The fourth-order valence-electron chi connectivity index (χ4n) is 3.81. The molecule has 166 valence electrons. The van der Waals surface area contributed by atoms with E-state index in [1.807, 2.05) is 6.92 Å². The first-order valence-corrected chi connectivity index (χ1v) is 12.3. The van der Waals surface area contributed by atoms with Gasteiger partial charge < -0.3 is 20.3 Å². The van der Waals surface area contributed by atoms with Crippen molar-refractivity contribution in [2.45, 2.75) is 63.2 Å². The van der Waals surface area contributed by atoms with Gasteiger partial charge in [-0.1, -0.05) is 13.3 Å².